The number of rotatable bonds is 54. The fourth-order valence-electron chi connectivity index (χ4n) is 8.67. The number of carbonyl (C=O) groups excluding carboxylic acids is 2. The third-order valence-electron chi connectivity index (χ3n) is 13.3. The summed E-state index contributed by atoms with van der Waals surface area (Å²) in [4.78, 5) is 39.9. The molecule has 0 aliphatic heterocycles. The lowest BCUT2D eigenvalue weighted by molar-refractivity contribution is -0.870. The summed E-state index contributed by atoms with van der Waals surface area (Å²) in [6.07, 6.45) is 59.5. The molecule has 0 aromatic carbocycles. The number of allylic oxidation sites excluding steroid dienone is 5. The number of hydrogen-bond acceptors (Lipinski definition) is 7. The quantitative estimate of drug-likeness (QED) is 0.0212. The van der Waals surface area contributed by atoms with Gasteiger partial charge < -0.3 is 28.5 Å². The second-order valence-electron chi connectivity index (χ2n) is 21.5. The van der Waals surface area contributed by atoms with Crippen molar-refractivity contribution in [2.24, 2.45) is 0 Å². The van der Waals surface area contributed by atoms with Crippen LogP contribution in [0.2, 0.25) is 0 Å². The average molecular weight is 1010 g/mol. The lowest BCUT2D eigenvalue weighted by Crippen LogP contribution is -2.47. The van der Waals surface area contributed by atoms with Crippen LogP contribution in [0, 0.1) is 0 Å². The number of unbranched alkanes of at least 4 members (excludes halogenated alkanes) is 34. The van der Waals surface area contributed by atoms with Crippen LogP contribution >= 0.6 is 7.82 Å². The summed E-state index contributed by atoms with van der Waals surface area (Å²) in [5.41, 5.74) is 0. The third-order valence-corrected chi connectivity index (χ3v) is 14.3. The van der Waals surface area contributed by atoms with E-state index in [1.54, 1.807) is 0 Å². The summed E-state index contributed by atoms with van der Waals surface area (Å²) in [7, 11) is 1.19. The number of phosphoric acid groups is 1. The van der Waals surface area contributed by atoms with E-state index in [4.69, 9.17) is 13.8 Å². The molecule has 3 atom stereocenters. The highest BCUT2D eigenvalue weighted by molar-refractivity contribution is 7.45. The molecule has 0 rings (SSSR count). The van der Waals surface area contributed by atoms with Crippen LogP contribution in [0.5, 0.6) is 0 Å². The van der Waals surface area contributed by atoms with E-state index in [9.17, 15) is 19.0 Å². The van der Waals surface area contributed by atoms with E-state index in [0.717, 1.165) is 77.0 Å². The Morgan fingerprint density at radius 3 is 1.31 bits per heavy atom. The van der Waals surface area contributed by atoms with Gasteiger partial charge in [-0.2, -0.15) is 0 Å². The van der Waals surface area contributed by atoms with Crippen LogP contribution in [-0.4, -0.2) is 69.4 Å². The van der Waals surface area contributed by atoms with Gasteiger partial charge in [-0.15, -0.1) is 0 Å². The smallest absolute Gasteiger partial charge is 0.306 e. The molecule has 0 aromatic rings. The van der Waals surface area contributed by atoms with Gasteiger partial charge in [0.05, 0.1) is 33.8 Å². The normalized spacial score (nSPS) is 14.0. The van der Waals surface area contributed by atoms with Gasteiger partial charge in [0.1, 0.15) is 19.3 Å². The lowest BCUT2D eigenvalue weighted by atomic mass is 10.0. The SMILES string of the molecule is CCCCC/C=C\C/C=C\CCCCCCCCCC(=O)OC(/C=C/CCCCCCCCCCCCC)C(COP(=O)([O-])OCC[N+](C)(C)C)NC(=O)CCCCCCCCCCCCCCCC. The van der Waals surface area contributed by atoms with Gasteiger partial charge >= 0.3 is 5.97 Å². The molecular formula is C60H115N2O7P. The van der Waals surface area contributed by atoms with Gasteiger partial charge in [-0.3, -0.25) is 14.2 Å². The molecule has 1 amide bonds. The van der Waals surface area contributed by atoms with Crippen molar-refractivity contribution in [3.63, 3.8) is 0 Å². The topological polar surface area (TPSA) is 114 Å². The molecule has 0 saturated heterocycles. The van der Waals surface area contributed by atoms with Crippen molar-refractivity contribution in [1.29, 1.82) is 0 Å². The molecule has 0 saturated carbocycles. The summed E-state index contributed by atoms with van der Waals surface area (Å²) in [6.45, 7) is 6.84. The predicted molar refractivity (Wildman–Crippen MR) is 298 cm³/mol. The van der Waals surface area contributed by atoms with Crippen molar-refractivity contribution < 1.29 is 37.3 Å². The minimum Gasteiger partial charge on any atom is -0.756 e. The van der Waals surface area contributed by atoms with E-state index in [1.165, 1.54) is 173 Å². The Balaban J connectivity index is 5.33. The minimum absolute atomic E-state index is 0.0214. The first kappa shape index (κ1) is 68.2. The number of esters is 1. The number of nitrogens with one attached hydrogen (secondary N) is 1. The van der Waals surface area contributed by atoms with Crippen molar-refractivity contribution in [3.05, 3.63) is 36.5 Å². The van der Waals surface area contributed by atoms with E-state index < -0.39 is 20.0 Å². The van der Waals surface area contributed by atoms with Gasteiger partial charge in [0.25, 0.3) is 7.82 Å². The Morgan fingerprint density at radius 1 is 0.500 bits per heavy atom. The average Bonchev–Trinajstić information content (AvgIpc) is 3.32. The largest absolute Gasteiger partial charge is 0.756 e. The fraction of sp³-hybridized carbons (Fsp3) is 0.867. The van der Waals surface area contributed by atoms with Crippen LogP contribution in [0.3, 0.4) is 0 Å². The van der Waals surface area contributed by atoms with Crippen LogP contribution in [0.15, 0.2) is 36.5 Å². The van der Waals surface area contributed by atoms with Crippen LogP contribution in [0.25, 0.3) is 0 Å². The molecule has 0 aliphatic carbocycles. The molecule has 0 heterocycles. The second-order valence-corrected chi connectivity index (χ2v) is 22.9. The highest BCUT2D eigenvalue weighted by Gasteiger charge is 2.27. The van der Waals surface area contributed by atoms with Crippen molar-refractivity contribution in [3.8, 4) is 0 Å². The summed E-state index contributed by atoms with van der Waals surface area (Å²) < 4.78 is 30.3. The summed E-state index contributed by atoms with van der Waals surface area (Å²) in [5.74, 6) is -0.539. The van der Waals surface area contributed by atoms with Gasteiger partial charge in [-0.1, -0.05) is 244 Å². The number of carbonyl (C=O) groups is 2. The molecule has 0 aliphatic rings. The zero-order chi connectivity index (χ0) is 51.5. The van der Waals surface area contributed by atoms with Crippen molar-refractivity contribution in [1.82, 2.24) is 5.32 Å². The van der Waals surface area contributed by atoms with E-state index >= 15 is 0 Å². The Hall–Kier alpha value is -1.77. The van der Waals surface area contributed by atoms with Crippen molar-refractivity contribution in [2.75, 3.05) is 40.9 Å². The standard InChI is InChI=1S/C60H115N2O7P/c1-7-10-13-16-19-22-25-28-30-31-32-35-38-41-44-47-50-53-60(64)69-58(51-48-45-42-39-36-33-27-24-21-18-15-12-9-3)57(56-68-70(65,66)67-55-54-62(4,5)6)61-59(63)52-49-46-43-40-37-34-29-26-23-20-17-14-11-8-2/h19,22,28,30,48,51,57-58H,7-18,20-21,23-27,29,31-47,49-50,52-56H2,1-6H3,(H-,61,63,65,66)/b22-19-,30-28-,51-48+. The number of nitrogens with zero attached hydrogens (tertiary/aromatic N) is 1. The molecule has 0 fully saturated rings. The maximum atomic E-state index is 13.5. The van der Waals surface area contributed by atoms with Gasteiger partial charge in [0.2, 0.25) is 5.91 Å². The number of phosphoric ester groups is 1. The second kappa shape index (κ2) is 50.7. The molecule has 3 unspecified atom stereocenters. The molecular weight excluding hydrogens is 892 g/mol. The molecule has 10 heteroatoms. The first-order valence-electron chi connectivity index (χ1n) is 29.8. The first-order chi connectivity index (χ1) is 33.9. The maximum absolute atomic E-state index is 13.5. The number of quaternary nitrogens is 1. The zero-order valence-electron chi connectivity index (χ0n) is 47.0. The number of likely N-dealkylation sites (N-methyl/N-ethyl adjacent to an activating group) is 1. The van der Waals surface area contributed by atoms with Gasteiger partial charge in [0.15, 0.2) is 0 Å². The molecule has 0 aromatic heterocycles. The van der Waals surface area contributed by atoms with Gasteiger partial charge in [0, 0.05) is 12.8 Å². The van der Waals surface area contributed by atoms with E-state index in [1.807, 2.05) is 33.3 Å². The van der Waals surface area contributed by atoms with Crippen molar-refractivity contribution >= 4 is 19.7 Å². The van der Waals surface area contributed by atoms with Crippen LogP contribution < -0.4 is 10.2 Å². The van der Waals surface area contributed by atoms with E-state index in [0.29, 0.717) is 17.4 Å². The monoisotopic (exact) mass is 1010 g/mol. The Labute approximate surface area is 434 Å². The Kier molecular flexibility index (Phi) is 49.5. The maximum Gasteiger partial charge on any atom is 0.306 e. The first-order valence-corrected chi connectivity index (χ1v) is 31.3. The number of amides is 1. The Bertz CT molecular complexity index is 1300. The highest BCUT2D eigenvalue weighted by Crippen LogP contribution is 2.38. The molecule has 70 heavy (non-hydrogen) atoms. The van der Waals surface area contributed by atoms with Crippen LogP contribution in [-0.2, 0) is 27.9 Å². The molecule has 0 spiro atoms. The molecule has 0 bridgehead atoms. The van der Waals surface area contributed by atoms with E-state index in [-0.39, 0.29) is 31.5 Å². The number of ether oxygens (including phenoxy) is 1. The zero-order valence-corrected chi connectivity index (χ0v) is 47.9. The predicted octanol–water partition coefficient (Wildman–Crippen LogP) is 17.3. The molecule has 9 nitrogen and oxygen atoms in total. The van der Waals surface area contributed by atoms with E-state index in [2.05, 4.69) is 50.4 Å². The van der Waals surface area contributed by atoms with Gasteiger partial charge in [-0.25, -0.2) is 0 Å². The lowest BCUT2D eigenvalue weighted by Gasteiger charge is -2.30. The molecule has 412 valence electrons. The summed E-state index contributed by atoms with van der Waals surface area (Å²) in [5, 5.41) is 3.03. The third kappa shape index (κ3) is 51.1. The van der Waals surface area contributed by atoms with Crippen molar-refractivity contribution in [2.45, 2.75) is 296 Å². The number of hydrogen-bond donors (Lipinski definition) is 1. The fourth-order valence-corrected chi connectivity index (χ4v) is 9.39. The highest BCUT2D eigenvalue weighted by atomic mass is 31.2. The molecule has 0 radical (unpaired) electrons. The van der Waals surface area contributed by atoms with Gasteiger partial charge in [-0.05, 0) is 63.9 Å². The van der Waals surface area contributed by atoms with Crippen LogP contribution in [0.1, 0.15) is 284 Å². The molecule has 1 N–H and O–H groups in total. The summed E-state index contributed by atoms with van der Waals surface area (Å²) >= 11 is 0. The Morgan fingerprint density at radius 2 is 0.871 bits per heavy atom. The minimum atomic E-state index is -4.69. The summed E-state index contributed by atoms with van der Waals surface area (Å²) in [6, 6.07) is -0.886. The van der Waals surface area contributed by atoms with Crippen LogP contribution in [0.4, 0.5) is 0 Å².